The van der Waals surface area contributed by atoms with Crippen LogP contribution in [-0.2, 0) is 0 Å². The number of piperidine rings is 1. The van der Waals surface area contributed by atoms with Crippen molar-refractivity contribution in [3.05, 3.63) is 0 Å². The summed E-state index contributed by atoms with van der Waals surface area (Å²) in [6, 6.07) is 1.08. The monoisotopic (exact) mass is 266 g/mol. The van der Waals surface area contributed by atoms with E-state index in [2.05, 4.69) is 5.32 Å². The van der Waals surface area contributed by atoms with Gasteiger partial charge in [0.2, 0.25) is 0 Å². The van der Waals surface area contributed by atoms with Gasteiger partial charge >= 0.3 is 0 Å². The van der Waals surface area contributed by atoms with Gasteiger partial charge in [-0.2, -0.15) is 0 Å². The molecule has 3 fully saturated rings. The number of nitrogens with one attached hydrogen (secondary N) is 1. The minimum atomic E-state index is -0.504. The lowest BCUT2D eigenvalue weighted by atomic mass is 9.60. The lowest BCUT2D eigenvalue weighted by Crippen LogP contribution is -2.60. The molecule has 0 aromatic carbocycles. The molecule has 3 rings (SSSR count). The average molecular weight is 266 g/mol. The van der Waals surface area contributed by atoms with E-state index >= 15 is 0 Å². The fourth-order valence-electron chi connectivity index (χ4n) is 5.00. The molecule has 0 amide bonds. The van der Waals surface area contributed by atoms with Crippen molar-refractivity contribution in [2.75, 3.05) is 6.54 Å². The Morgan fingerprint density at radius 3 is 2.00 bits per heavy atom. The summed E-state index contributed by atoms with van der Waals surface area (Å²) in [5.74, 6) is 0. The molecule has 110 valence electrons. The summed E-state index contributed by atoms with van der Waals surface area (Å²) in [6.07, 6.45) is 13.1. The van der Waals surface area contributed by atoms with Crippen LogP contribution in [0.15, 0.2) is 0 Å². The molecule has 19 heavy (non-hydrogen) atoms. The summed E-state index contributed by atoms with van der Waals surface area (Å²) in [5.41, 5.74) is 5.70. The smallest absolute Gasteiger partial charge is 0.0745 e. The normalized spacial score (nSPS) is 42.6. The van der Waals surface area contributed by atoms with Gasteiger partial charge in [0, 0.05) is 24.0 Å². The summed E-state index contributed by atoms with van der Waals surface area (Å²) < 4.78 is 0. The number of hydrogen-bond donors (Lipinski definition) is 3. The van der Waals surface area contributed by atoms with Gasteiger partial charge in [-0.3, -0.25) is 0 Å². The Morgan fingerprint density at radius 2 is 1.47 bits per heavy atom. The topological polar surface area (TPSA) is 58.3 Å². The van der Waals surface area contributed by atoms with E-state index in [1.54, 1.807) is 0 Å². The number of fused-ring (bicyclic) bond motifs is 2. The summed E-state index contributed by atoms with van der Waals surface area (Å²) in [7, 11) is 0. The van der Waals surface area contributed by atoms with Crippen LogP contribution in [0.3, 0.4) is 0 Å². The lowest BCUT2D eigenvalue weighted by Gasteiger charge is -2.52. The molecule has 2 unspecified atom stereocenters. The molecule has 0 spiro atoms. The molecular formula is C16H30N2O. The van der Waals surface area contributed by atoms with E-state index in [9.17, 15) is 5.11 Å². The molecule has 3 nitrogen and oxygen atoms in total. The Labute approximate surface area is 117 Å². The molecule has 1 saturated carbocycles. The van der Waals surface area contributed by atoms with Gasteiger partial charge in [0.1, 0.15) is 0 Å². The molecule has 0 aromatic heterocycles. The van der Waals surface area contributed by atoms with Crippen molar-refractivity contribution in [2.45, 2.75) is 88.3 Å². The van der Waals surface area contributed by atoms with E-state index in [0.717, 1.165) is 25.7 Å². The molecule has 2 heterocycles. The van der Waals surface area contributed by atoms with Crippen LogP contribution in [0.4, 0.5) is 0 Å². The van der Waals surface area contributed by atoms with E-state index in [0.29, 0.717) is 18.6 Å². The van der Waals surface area contributed by atoms with Crippen LogP contribution in [-0.4, -0.2) is 29.3 Å². The van der Waals surface area contributed by atoms with Crippen molar-refractivity contribution in [3.63, 3.8) is 0 Å². The molecule has 3 aliphatic rings. The zero-order chi connectivity index (χ0) is 13.3. The number of hydrogen-bond acceptors (Lipinski definition) is 3. The molecule has 2 bridgehead atoms. The van der Waals surface area contributed by atoms with Gasteiger partial charge in [0.15, 0.2) is 0 Å². The van der Waals surface area contributed by atoms with Crippen LogP contribution >= 0.6 is 0 Å². The van der Waals surface area contributed by atoms with Gasteiger partial charge in [-0.1, -0.05) is 32.1 Å². The standard InChI is InChI=1S/C16H30N2O/c17-12-15(8-4-2-1-3-5-9-15)16(19)10-13-6-7-14(11-16)18-13/h13-14,18-19H,1-12,17H2. The van der Waals surface area contributed by atoms with Crippen LogP contribution in [0.5, 0.6) is 0 Å². The number of rotatable bonds is 2. The van der Waals surface area contributed by atoms with Gasteiger partial charge in [0.05, 0.1) is 5.60 Å². The zero-order valence-corrected chi connectivity index (χ0v) is 12.2. The predicted molar refractivity (Wildman–Crippen MR) is 77.9 cm³/mol. The minimum absolute atomic E-state index is 0.00361. The Balaban J connectivity index is 1.82. The maximum Gasteiger partial charge on any atom is 0.0745 e. The first-order chi connectivity index (χ1) is 9.17. The lowest BCUT2D eigenvalue weighted by molar-refractivity contribution is -0.122. The quantitative estimate of drug-likeness (QED) is 0.719. The van der Waals surface area contributed by atoms with Gasteiger partial charge in [-0.25, -0.2) is 0 Å². The van der Waals surface area contributed by atoms with Crippen molar-refractivity contribution in [3.8, 4) is 0 Å². The van der Waals surface area contributed by atoms with Crippen molar-refractivity contribution >= 4 is 0 Å². The first kappa shape index (κ1) is 13.8. The van der Waals surface area contributed by atoms with Crippen LogP contribution in [0.1, 0.15) is 70.6 Å². The Morgan fingerprint density at radius 1 is 0.947 bits per heavy atom. The van der Waals surface area contributed by atoms with E-state index in [4.69, 9.17) is 5.73 Å². The third-order valence-corrected chi connectivity index (χ3v) is 6.19. The van der Waals surface area contributed by atoms with Crippen LogP contribution in [0.25, 0.3) is 0 Å². The highest BCUT2D eigenvalue weighted by Gasteiger charge is 2.54. The molecule has 0 aromatic rings. The largest absolute Gasteiger partial charge is 0.389 e. The van der Waals surface area contributed by atoms with Crippen molar-refractivity contribution in [1.82, 2.24) is 5.32 Å². The van der Waals surface area contributed by atoms with Crippen LogP contribution in [0.2, 0.25) is 0 Å². The molecule has 1 aliphatic carbocycles. The maximum atomic E-state index is 11.4. The molecular weight excluding hydrogens is 236 g/mol. The molecule has 2 atom stereocenters. The molecule has 2 saturated heterocycles. The van der Waals surface area contributed by atoms with Gasteiger partial charge < -0.3 is 16.2 Å². The highest BCUT2D eigenvalue weighted by atomic mass is 16.3. The molecule has 0 radical (unpaired) electrons. The fourth-order valence-corrected chi connectivity index (χ4v) is 5.00. The Kier molecular flexibility index (Phi) is 3.89. The van der Waals surface area contributed by atoms with Gasteiger partial charge in [-0.15, -0.1) is 0 Å². The average Bonchev–Trinajstić information content (AvgIpc) is 2.69. The second-order valence-electron chi connectivity index (χ2n) is 7.33. The van der Waals surface area contributed by atoms with Crippen LogP contribution in [0, 0.1) is 5.41 Å². The Hall–Kier alpha value is -0.120. The summed E-state index contributed by atoms with van der Waals surface area (Å²) in [5, 5.41) is 15.1. The first-order valence-corrected chi connectivity index (χ1v) is 8.36. The van der Waals surface area contributed by atoms with Crippen molar-refractivity contribution in [1.29, 1.82) is 0 Å². The number of aliphatic hydroxyl groups is 1. The fraction of sp³-hybridized carbons (Fsp3) is 1.00. The van der Waals surface area contributed by atoms with E-state index in [1.807, 2.05) is 0 Å². The third kappa shape index (κ3) is 2.45. The summed E-state index contributed by atoms with van der Waals surface area (Å²) in [6.45, 7) is 0.670. The second-order valence-corrected chi connectivity index (χ2v) is 7.33. The van der Waals surface area contributed by atoms with E-state index in [1.165, 1.54) is 44.9 Å². The third-order valence-electron chi connectivity index (χ3n) is 6.19. The highest BCUT2D eigenvalue weighted by Crippen LogP contribution is 2.50. The highest BCUT2D eigenvalue weighted by molar-refractivity contribution is 5.09. The second kappa shape index (κ2) is 5.34. The van der Waals surface area contributed by atoms with Crippen LogP contribution < -0.4 is 11.1 Å². The molecule has 3 heteroatoms. The minimum Gasteiger partial charge on any atom is -0.389 e. The maximum absolute atomic E-state index is 11.4. The molecule has 2 aliphatic heterocycles. The van der Waals surface area contributed by atoms with Crippen molar-refractivity contribution < 1.29 is 5.11 Å². The van der Waals surface area contributed by atoms with Gasteiger partial charge in [0.25, 0.3) is 0 Å². The van der Waals surface area contributed by atoms with Gasteiger partial charge in [-0.05, 0) is 38.5 Å². The SMILES string of the molecule is NCC1(C2(O)CC3CCC(C2)N3)CCCCCCC1. The molecule has 4 N–H and O–H groups in total. The van der Waals surface area contributed by atoms with Crippen molar-refractivity contribution in [2.24, 2.45) is 11.1 Å². The predicted octanol–water partition coefficient (Wildman–Crippen LogP) is 2.32. The number of nitrogens with two attached hydrogens (primary N) is 1. The van der Waals surface area contributed by atoms with E-state index < -0.39 is 5.60 Å². The zero-order valence-electron chi connectivity index (χ0n) is 12.2. The summed E-state index contributed by atoms with van der Waals surface area (Å²) in [4.78, 5) is 0. The summed E-state index contributed by atoms with van der Waals surface area (Å²) >= 11 is 0. The first-order valence-electron chi connectivity index (χ1n) is 8.36. The van der Waals surface area contributed by atoms with E-state index in [-0.39, 0.29) is 5.41 Å². The Bertz CT molecular complexity index is 298.